The molecule has 1 aromatic rings. The maximum absolute atomic E-state index is 8.79. The van der Waals surface area contributed by atoms with Gasteiger partial charge >= 0.3 is 0 Å². The minimum atomic E-state index is 0.291. The Labute approximate surface area is 83.0 Å². The van der Waals surface area contributed by atoms with Gasteiger partial charge in [-0.3, -0.25) is 0 Å². The lowest BCUT2D eigenvalue weighted by Crippen LogP contribution is -1.87. The van der Waals surface area contributed by atoms with Gasteiger partial charge in [0.2, 0.25) is 0 Å². The molecule has 0 saturated carbocycles. The molecule has 0 fully saturated rings. The van der Waals surface area contributed by atoms with E-state index in [-0.39, 0.29) is 0 Å². The highest BCUT2D eigenvalue weighted by atomic mass is 35.5. The SMILES string of the molecule is Cc1cccc(C#N)c1C#CCCl. The van der Waals surface area contributed by atoms with Gasteiger partial charge < -0.3 is 0 Å². The Hall–Kier alpha value is -1.44. The third-order valence-corrected chi connectivity index (χ3v) is 1.81. The van der Waals surface area contributed by atoms with Crippen LogP contribution in [0.3, 0.4) is 0 Å². The van der Waals surface area contributed by atoms with Gasteiger partial charge in [-0.1, -0.05) is 24.0 Å². The largest absolute Gasteiger partial charge is 0.192 e. The van der Waals surface area contributed by atoms with E-state index in [0.29, 0.717) is 11.4 Å². The number of aryl methyl sites for hydroxylation is 1. The predicted molar refractivity (Wildman–Crippen MR) is 53.5 cm³/mol. The first-order valence-electron chi connectivity index (χ1n) is 3.84. The highest BCUT2D eigenvalue weighted by Crippen LogP contribution is 2.11. The van der Waals surface area contributed by atoms with E-state index in [1.165, 1.54) is 0 Å². The van der Waals surface area contributed by atoms with Crippen LogP contribution in [0.5, 0.6) is 0 Å². The molecule has 0 spiro atoms. The fourth-order valence-corrected chi connectivity index (χ4v) is 1.12. The first-order valence-corrected chi connectivity index (χ1v) is 4.37. The van der Waals surface area contributed by atoms with Crippen LogP contribution in [0.15, 0.2) is 18.2 Å². The Morgan fingerprint density at radius 1 is 1.46 bits per heavy atom. The van der Waals surface area contributed by atoms with Crippen molar-refractivity contribution in [2.24, 2.45) is 0 Å². The standard InChI is InChI=1S/C11H8ClN/c1-9-4-2-5-10(8-13)11(9)6-3-7-12/h2,4-5H,7H2,1H3. The van der Waals surface area contributed by atoms with Crippen LogP contribution < -0.4 is 0 Å². The first-order chi connectivity index (χ1) is 6.29. The molecule has 0 amide bonds. The fraction of sp³-hybridized carbons (Fsp3) is 0.182. The van der Waals surface area contributed by atoms with Gasteiger partial charge in [-0.25, -0.2) is 0 Å². The second-order valence-corrected chi connectivity index (χ2v) is 2.81. The minimum Gasteiger partial charge on any atom is -0.192 e. The van der Waals surface area contributed by atoms with E-state index < -0.39 is 0 Å². The average molecular weight is 190 g/mol. The van der Waals surface area contributed by atoms with Gasteiger partial charge in [0.1, 0.15) is 6.07 Å². The summed E-state index contributed by atoms with van der Waals surface area (Å²) in [7, 11) is 0. The van der Waals surface area contributed by atoms with Crippen molar-refractivity contribution in [3.05, 3.63) is 34.9 Å². The van der Waals surface area contributed by atoms with Crippen molar-refractivity contribution >= 4 is 11.6 Å². The van der Waals surface area contributed by atoms with Gasteiger partial charge in [0.15, 0.2) is 0 Å². The molecule has 2 heteroatoms. The lowest BCUT2D eigenvalue weighted by Gasteiger charge is -1.98. The lowest BCUT2D eigenvalue weighted by atomic mass is 10.0. The van der Waals surface area contributed by atoms with Gasteiger partial charge in [0.05, 0.1) is 11.4 Å². The van der Waals surface area contributed by atoms with Crippen LogP contribution in [0, 0.1) is 30.1 Å². The van der Waals surface area contributed by atoms with Crippen molar-refractivity contribution < 1.29 is 0 Å². The van der Waals surface area contributed by atoms with Crippen LogP contribution in [-0.4, -0.2) is 5.88 Å². The lowest BCUT2D eigenvalue weighted by molar-refractivity contribution is 1.39. The molecule has 1 aromatic carbocycles. The van der Waals surface area contributed by atoms with Crippen LogP contribution in [0.25, 0.3) is 0 Å². The molecule has 13 heavy (non-hydrogen) atoms. The van der Waals surface area contributed by atoms with Crippen molar-refractivity contribution in [3.8, 4) is 17.9 Å². The number of nitriles is 1. The molecule has 0 radical (unpaired) electrons. The Morgan fingerprint density at radius 2 is 2.23 bits per heavy atom. The van der Waals surface area contributed by atoms with Crippen molar-refractivity contribution in [1.82, 2.24) is 0 Å². The summed E-state index contributed by atoms with van der Waals surface area (Å²) >= 11 is 5.44. The molecule has 1 rings (SSSR count). The molecular formula is C11H8ClN. The second kappa shape index (κ2) is 4.55. The number of hydrogen-bond donors (Lipinski definition) is 0. The molecule has 0 bridgehead atoms. The van der Waals surface area contributed by atoms with E-state index in [4.69, 9.17) is 16.9 Å². The van der Waals surface area contributed by atoms with Gasteiger partial charge in [-0.2, -0.15) is 5.26 Å². The monoisotopic (exact) mass is 189 g/mol. The topological polar surface area (TPSA) is 23.8 Å². The molecule has 0 aliphatic carbocycles. The predicted octanol–water partition coefficient (Wildman–Crippen LogP) is 2.46. The molecule has 0 unspecified atom stereocenters. The summed E-state index contributed by atoms with van der Waals surface area (Å²) in [5.41, 5.74) is 2.40. The third kappa shape index (κ3) is 2.25. The molecule has 0 atom stereocenters. The maximum atomic E-state index is 8.79. The molecule has 0 heterocycles. The molecular weight excluding hydrogens is 182 g/mol. The van der Waals surface area contributed by atoms with Crippen molar-refractivity contribution in [3.63, 3.8) is 0 Å². The summed E-state index contributed by atoms with van der Waals surface area (Å²) in [5.74, 6) is 5.91. The van der Waals surface area contributed by atoms with E-state index in [9.17, 15) is 0 Å². The summed E-state index contributed by atoms with van der Waals surface area (Å²) in [5, 5.41) is 8.79. The summed E-state index contributed by atoms with van der Waals surface area (Å²) in [6, 6.07) is 7.63. The summed E-state index contributed by atoms with van der Waals surface area (Å²) in [6.45, 7) is 1.93. The molecule has 0 aliphatic heterocycles. The zero-order valence-electron chi connectivity index (χ0n) is 7.26. The van der Waals surface area contributed by atoms with Crippen LogP contribution >= 0.6 is 11.6 Å². The average Bonchev–Trinajstić information content (AvgIpc) is 2.15. The van der Waals surface area contributed by atoms with Gasteiger partial charge in [0, 0.05) is 5.56 Å². The normalized spacial score (nSPS) is 8.38. The number of nitrogens with zero attached hydrogens (tertiary/aromatic N) is 1. The Balaban J connectivity index is 3.25. The van der Waals surface area contributed by atoms with Gasteiger partial charge in [0.25, 0.3) is 0 Å². The quantitative estimate of drug-likeness (QED) is 0.454. The first kappa shape index (κ1) is 9.65. The van der Waals surface area contributed by atoms with Crippen molar-refractivity contribution in [2.45, 2.75) is 6.92 Å². The highest BCUT2D eigenvalue weighted by molar-refractivity contribution is 6.19. The van der Waals surface area contributed by atoms with Crippen LogP contribution in [0.4, 0.5) is 0 Å². The minimum absolute atomic E-state index is 0.291. The van der Waals surface area contributed by atoms with Crippen LogP contribution in [0.2, 0.25) is 0 Å². The van der Waals surface area contributed by atoms with Crippen molar-refractivity contribution in [1.29, 1.82) is 5.26 Å². The zero-order valence-corrected chi connectivity index (χ0v) is 8.02. The highest BCUT2D eigenvalue weighted by Gasteiger charge is 2.00. The van der Waals surface area contributed by atoms with Gasteiger partial charge in [-0.05, 0) is 18.6 Å². The molecule has 1 nitrogen and oxygen atoms in total. The smallest absolute Gasteiger partial charge is 0.100 e. The van der Waals surface area contributed by atoms with E-state index in [1.807, 2.05) is 19.1 Å². The summed E-state index contributed by atoms with van der Waals surface area (Å²) in [4.78, 5) is 0. The number of rotatable bonds is 0. The number of hydrogen-bond acceptors (Lipinski definition) is 1. The molecule has 0 saturated heterocycles. The second-order valence-electron chi connectivity index (χ2n) is 2.54. The number of halogens is 1. The Bertz CT molecular complexity index is 404. The number of benzene rings is 1. The van der Waals surface area contributed by atoms with E-state index in [2.05, 4.69) is 17.9 Å². The summed E-state index contributed by atoms with van der Waals surface area (Å²) in [6.07, 6.45) is 0. The third-order valence-electron chi connectivity index (χ3n) is 1.67. The maximum Gasteiger partial charge on any atom is 0.100 e. The Morgan fingerprint density at radius 3 is 2.85 bits per heavy atom. The van der Waals surface area contributed by atoms with Crippen LogP contribution in [-0.2, 0) is 0 Å². The fourth-order valence-electron chi connectivity index (χ4n) is 1.05. The molecule has 0 aliphatic rings. The molecule has 64 valence electrons. The molecule has 0 aromatic heterocycles. The van der Waals surface area contributed by atoms with E-state index in [0.717, 1.165) is 11.1 Å². The van der Waals surface area contributed by atoms with Crippen molar-refractivity contribution in [2.75, 3.05) is 5.88 Å². The van der Waals surface area contributed by atoms with E-state index >= 15 is 0 Å². The number of alkyl halides is 1. The molecule has 0 N–H and O–H groups in total. The van der Waals surface area contributed by atoms with E-state index in [1.54, 1.807) is 6.07 Å². The van der Waals surface area contributed by atoms with Gasteiger partial charge in [-0.15, -0.1) is 11.6 Å². The Kier molecular flexibility index (Phi) is 3.38. The zero-order chi connectivity index (χ0) is 9.68. The summed E-state index contributed by atoms with van der Waals surface area (Å²) < 4.78 is 0. The van der Waals surface area contributed by atoms with Crippen LogP contribution in [0.1, 0.15) is 16.7 Å².